The number of carbonyl (C=O) groups is 1. The van der Waals surface area contributed by atoms with E-state index in [0.717, 1.165) is 37.2 Å². The molecular formula is C27H30N2O3S. The van der Waals surface area contributed by atoms with Crippen LogP contribution in [0.4, 0.5) is 11.4 Å². The zero-order valence-corrected chi connectivity index (χ0v) is 19.8. The van der Waals surface area contributed by atoms with Gasteiger partial charge in [-0.1, -0.05) is 49.4 Å². The van der Waals surface area contributed by atoms with Gasteiger partial charge in [-0.25, -0.2) is 8.42 Å². The summed E-state index contributed by atoms with van der Waals surface area (Å²) >= 11 is 0. The number of rotatable bonds is 8. The Hall–Kier alpha value is -3.12. The minimum absolute atomic E-state index is 0.0636. The van der Waals surface area contributed by atoms with E-state index < -0.39 is 9.84 Å². The minimum Gasteiger partial charge on any atom is -0.371 e. The van der Waals surface area contributed by atoms with Gasteiger partial charge in [-0.05, 0) is 66.3 Å². The average molecular weight is 463 g/mol. The summed E-state index contributed by atoms with van der Waals surface area (Å²) in [5.41, 5.74) is 5.57. The summed E-state index contributed by atoms with van der Waals surface area (Å²) in [6.07, 6.45) is 3.50. The van der Waals surface area contributed by atoms with E-state index >= 15 is 0 Å². The second kappa shape index (κ2) is 10.2. The lowest BCUT2D eigenvalue weighted by Crippen LogP contribution is -2.31. The van der Waals surface area contributed by atoms with Crippen molar-refractivity contribution in [1.29, 1.82) is 0 Å². The second-order valence-electron chi connectivity index (χ2n) is 8.44. The molecule has 3 aromatic carbocycles. The third kappa shape index (κ3) is 5.82. The highest BCUT2D eigenvalue weighted by atomic mass is 32.2. The number of nitrogens with zero attached hydrogens (tertiary/aromatic N) is 1. The fraction of sp³-hybridized carbons (Fsp3) is 0.296. The second-order valence-corrected chi connectivity index (χ2v) is 10.7. The molecule has 3 aromatic rings. The standard InChI is InChI=1S/C27H30N2O3S/c1-2-33(31,32)25-15-11-22(12-16-25)20-27(30)28-24-13-9-21(10-14-24)17-19-29-18-5-7-23-6-3-4-8-26(23)29/h3-4,6,8-16H,2,5,7,17-20H2,1H3,(H,28,30). The molecule has 0 aliphatic carbocycles. The Balaban J connectivity index is 1.29. The number of anilines is 2. The number of sulfone groups is 1. The normalized spacial score (nSPS) is 13.4. The van der Waals surface area contributed by atoms with Crippen LogP contribution in [0.25, 0.3) is 0 Å². The number of fused-ring (bicyclic) bond motifs is 1. The molecule has 0 atom stereocenters. The number of hydrogen-bond acceptors (Lipinski definition) is 4. The number of aryl methyl sites for hydroxylation is 1. The van der Waals surface area contributed by atoms with Crippen LogP contribution in [0.1, 0.15) is 30.0 Å². The van der Waals surface area contributed by atoms with E-state index in [1.165, 1.54) is 23.2 Å². The van der Waals surface area contributed by atoms with Crippen LogP contribution in [-0.2, 0) is 33.9 Å². The van der Waals surface area contributed by atoms with Crippen LogP contribution in [0.3, 0.4) is 0 Å². The Morgan fingerprint density at radius 3 is 2.36 bits per heavy atom. The Labute approximate surface area is 196 Å². The summed E-state index contributed by atoms with van der Waals surface area (Å²) < 4.78 is 23.8. The van der Waals surface area contributed by atoms with Crippen LogP contribution in [0, 0.1) is 0 Å². The van der Waals surface area contributed by atoms with Gasteiger partial charge in [-0.2, -0.15) is 0 Å². The first-order valence-corrected chi connectivity index (χ1v) is 13.1. The molecule has 1 N–H and O–H groups in total. The lowest BCUT2D eigenvalue weighted by Gasteiger charge is -2.31. The summed E-state index contributed by atoms with van der Waals surface area (Å²) in [6, 6.07) is 23.2. The molecule has 1 aliphatic rings. The molecule has 5 nitrogen and oxygen atoms in total. The van der Waals surface area contributed by atoms with E-state index in [-0.39, 0.29) is 23.0 Å². The Kier molecular flexibility index (Phi) is 7.14. The molecule has 1 amide bonds. The van der Waals surface area contributed by atoms with Crippen molar-refractivity contribution in [2.24, 2.45) is 0 Å². The highest BCUT2D eigenvalue weighted by Gasteiger charge is 2.16. The third-order valence-electron chi connectivity index (χ3n) is 6.14. The molecule has 1 aliphatic heterocycles. The molecule has 0 radical (unpaired) electrons. The summed E-state index contributed by atoms with van der Waals surface area (Å²) in [4.78, 5) is 15.2. The summed E-state index contributed by atoms with van der Waals surface area (Å²) in [6.45, 7) is 3.69. The number of para-hydroxylation sites is 1. The SMILES string of the molecule is CCS(=O)(=O)c1ccc(CC(=O)Nc2ccc(CCN3CCCc4ccccc43)cc2)cc1. The van der Waals surface area contributed by atoms with Crippen LogP contribution in [0.2, 0.25) is 0 Å². The van der Waals surface area contributed by atoms with E-state index in [2.05, 4.69) is 46.6 Å². The van der Waals surface area contributed by atoms with E-state index in [4.69, 9.17) is 0 Å². The van der Waals surface area contributed by atoms with Crippen LogP contribution in [-0.4, -0.2) is 33.2 Å². The lowest BCUT2D eigenvalue weighted by molar-refractivity contribution is -0.115. The maximum Gasteiger partial charge on any atom is 0.228 e. The number of benzene rings is 3. The molecular weight excluding hydrogens is 432 g/mol. The monoisotopic (exact) mass is 462 g/mol. The molecule has 6 heteroatoms. The maximum absolute atomic E-state index is 12.4. The minimum atomic E-state index is -3.23. The fourth-order valence-corrected chi connectivity index (χ4v) is 5.12. The molecule has 172 valence electrons. The molecule has 0 saturated heterocycles. The topological polar surface area (TPSA) is 66.5 Å². The Morgan fingerprint density at radius 2 is 1.64 bits per heavy atom. The van der Waals surface area contributed by atoms with Gasteiger partial charge in [0.15, 0.2) is 9.84 Å². The highest BCUT2D eigenvalue weighted by Crippen LogP contribution is 2.26. The molecule has 1 heterocycles. The number of hydrogen-bond donors (Lipinski definition) is 1. The van der Waals surface area contributed by atoms with Crippen LogP contribution < -0.4 is 10.2 Å². The smallest absolute Gasteiger partial charge is 0.228 e. The quantitative estimate of drug-likeness (QED) is 0.529. The maximum atomic E-state index is 12.4. The first-order chi connectivity index (χ1) is 15.9. The zero-order chi connectivity index (χ0) is 23.3. The summed E-state index contributed by atoms with van der Waals surface area (Å²) in [5.74, 6) is -0.0625. The first kappa shape index (κ1) is 23.1. The van der Waals surface area contributed by atoms with Gasteiger partial charge in [0.25, 0.3) is 0 Å². The molecule has 4 rings (SSSR count). The van der Waals surface area contributed by atoms with Crippen molar-refractivity contribution in [3.8, 4) is 0 Å². The van der Waals surface area contributed by atoms with Crippen LogP contribution in [0.15, 0.2) is 77.7 Å². The van der Waals surface area contributed by atoms with Gasteiger partial charge in [-0.3, -0.25) is 4.79 Å². The molecule has 33 heavy (non-hydrogen) atoms. The molecule has 0 fully saturated rings. The van der Waals surface area contributed by atoms with Crippen molar-refractivity contribution < 1.29 is 13.2 Å². The third-order valence-corrected chi connectivity index (χ3v) is 7.89. The summed E-state index contributed by atoms with van der Waals surface area (Å²) in [5, 5.41) is 2.92. The average Bonchev–Trinajstić information content (AvgIpc) is 2.84. The lowest BCUT2D eigenvalue weighted by atomic mass is 10.0. The fourth-order valence-electron chi connectivity index (χ4n) is 4.23. The van der Waals surface area contributed by atoms with Crippen molar-refractivity contribution in [3.05, 3.63) is 89.5 Å². The molecule has 0 spiro atoms. The number of nitrogens with one attached hydrogen (secondary N) is 1. The van der Waals surface area contributed by atoms with Crippen molar-refractivity contribution >= 4 is 27.1 Å². The van der Waals surface area contributed by atoms with Crippen molar-refractivity contribution in [2.75, 3.05) is 29.1 Å². The summed E-state index contributed by atoms with van der Waals surface area (Å²) in [7, 11) is -3.23. The van der Waals surface area contributed by atoms with Gasteiger partial charge in [0.2, 0.25) is 5.91 Å². The molecule has 0 aromatic heterocycles. The van der Waals surface area contributed by atoms with Gasteiger partial charge in [0.05, 0.1) is 17.1 Å². The van der Waals surface area contributed by atoms with Crippen molar-refractivity contribution in [2.45, 2.75) is 37.5 Å². The van der Waals surface area contributed by atoms with Crippen molar-refractivity contribution in [1.82, 2.24) is 0 Å². The van der Waals surface area contributed by atoms with Crippen LogP contribution >= 0.6 is 0 Å². The van der Waals surface area contributed by atoms with E-state index in [1.807, 2.05) is 12.1 Å². The van der Waals surface area contributed by atoms with Crippen molar-refractivity contribution in [3.63, 3.8) is 0 Å². The zero-order valence-electron chi connectivity index (χ0n) is 19.0. The van der Waals surface area contributed by atoms with Crippen LogP contribution in [0.5, 0.6) is 0 Å². The highest BCUT2D eigenvalue weighted by molar-refractivity contribution is 7.91. The van der Waals surface area contributed by atoms with Gasteiger partial charge in [0, 0.05) is 24.5 Å². The van der Waals surface area contributed by atoms with Gasteiger partial charge < -0.3 is 10.2 Å². The first-order valence-electron chi connectivity index (χ1n) is 11.5. The predicted molar refractivity (Wildman–Crippen MR) is 134 cm³/mol. The van der Waals surface area contributed by atoms with E-state index in [9.17, 15) is 13.2 Å². The molecule has 0 saturated carbocycles. The number of amides is 1. The number of carbonyl (C=O) groups excluding carboxylic acids is 1. The van der Waals surface area contributed by atoms with Gasteiger partial charge in [0.1, 0.15) is 0 Å². The van der Waals surface area contributed by atoms with E-state index in [0.29, 0.717) is 0 Å². The molecule has 0 unspecified atom stereocenters. The Morgan fingerprint density at radius 1 is 0.939 bits per heavy atom. The molecule has 0 bridgehead atoms. The van der Waals surface area contributed by atoms with Gasteiger partial charge in [-0.15, -0.1) is 0 Å². The largest absolute Gasteiger partial charge is 0.371 e. The van der Waals surface area contributed by atoms with E-state index in [1.54, 1.807) is 31.2 Å². The van der Waals surface area contributed by atoms with Gasteiger partial charge >= 0.3 is 0 Å². The predicted octanol–water partition coefficient (Wildman–Crippen LogP) is 4.66. The Bertz CT molecular complexity index is 1200.